The average molecular weight is 759 g/mol. The average Bonchev–Trinajstić information content (AvgIpc) is 3.12. The second-order valence-electron chi connectivity index (χ2n) is 14.6. The molecule has 0 fully saturated rings. The van der Waals surface area contributed by atoms with Crippen LogP contribution in [0.2, 0.25) is 0 Å². The van der Waals surface area contributed by atoms with Gasteiger partial charge in [-0.15, -0.1) is 0 Å². The fourth-order valence-corrected chi connectivity index (χ4v) is 5.01. The lowest BCUT2D eigenvalue weighted by Crippen LogP contribution is -2.40. The van der Waals surface area contributed by atoms with E-state index in [1.54, 1.807) is 0 Å². The third-order valence-electron chi connectivity index (χ3n) is 8.23. The highest BCUT2D eigenvalue weighted by Gasteiger charge is 2.25. The molecule has 9 nitrogen and oxygen atoms in total. The molecule has 308 valence electrons. The van der Waals surface area contributed by atoms with Gasteiger partial charge in [-0.2, -0.15) is 0 Å². The van der Waals surface area contributed by atoms with Crippen molar-refractivity contribution in [1.82, 2.24) is 0 Å². The molecule has 0 heterocycles. The van der Waals surface area contributed by atoms with Gasteiger partial charge in [0.1, 0.15) is 13.2 Å². The molecule has 2 unspecified atom stereocenters. The highest BCUT2D eigenvalue weighted by atomic mass is 16.7. The second-order valence-corrected chi connectivity index (χ2v) is 14.6. The summed E-state index contributed by atoms with van der Waals surface area (Å²) in [6, 6.07) is 0. The monoisotopic (exact) mass is 759 g/mol. The molecule has 9 heteroatoms. The van der Waals surface area contributed by atoms with Gasteiger partial charge < -0.3 is 28.5 Å². The molecule has 1 N–H and O–H groups in total. The number of hydrogen-bond donors (Lipinski definition) is 1. The summed E-state index contributed by atoms with van der Waals surface area (Å²) in [4.78, 5) is 36.9. The van der Waals surface area contributed by atoms with Crippen molar-refractivity contribution in [2.45, 2.75) is 148 Å². The molecule has 0 aliphatic heterocycles. The Bertz CT molecular complexity index is 1120. The number of carboxylic acids is 1. The van der Waals surface area contributed by atoms with E-state index < -0.39 is 24.3 Å². The first-order chi connectivity index (χ1) is 26.1. The van der Waals surface area contributed by atoms with E-state index in [2.05, 4.69) is 86.8 Å². The molecule has 0 amide bonds. The Labute approximate surface area is 328 Å². The van der Waals surface area contributed by atoms with Gasteiger partial charge in [-0.1, -0.05) is 132 Å². The molecule has 54 heavy (non-hydrogen) atoms. The summed E-state index contributed by atoms with van der Waals surface area (Å²) >= 11 is 0. The number of allylic oxidation sites excluding steroid dienone is 12. The zero-order chi connectivity index (χ0) is 40.0. The Morgan fingerprint density at radius 3 is 1.57 bits per heavy atom. The van der Waals surface area contributed by atoms with Crippen molar-refractivity contribution in [2.24, 2.45) is 0 Å². The number of aliphatic carboxylic acids is 1. The van der Waals surface area contributed by atoms with Crippen molar-refractivity contribution >= 4 is 17.9 Å². The van der Waals surface area contributed by atoms with E-state index in [1.807, 2.05) is 21.1 Å². The number of quaternary nitrogens is 1. The van der Waals surface area contributed by atoms with E-state index in [1.165, 1.54) is 32.1 Å². The Kier molecular flexibility index (Phi) is 34.5. The van der Waals surface area contributed by atoms with E-state index in [0.29, 0.717) is 17.4 Å². The van der Waals surface area contributed by atoms with Gasteiger partial charge in [0.25, 0.3) is 6.29 Å². The zero-order valence-corrected chi connectivity index (χ0v) is 34.6. The summed E-state index contributed by atoms with van der Waals surface area (Å²) < 4.78 is 22.5. The van der Waals surface area contributed by atoms with Crippen LogP contribution in [0.1, 0.15) is 136 Å². The molecule has 0 saturated carbocycles. The normalized spacial score (nSPS) is 13.7. The van der Waals surface area contributed by atoms with Gasteiger partial charge in [0, 0.05) is 12.8 Å². The largest absolute Gasteiger partial charge is 0.477 e. The third-order valence-corrected chi connectivity index (χ3v) is 8.23. The predicted octanol–water partition coefficient (Wildman–Crippen LogP) is 10.4. The molecule has 0 bridgehead atoms. The maximum atomic E-state index is 12.7. The Hall–Kier alpha value is -3.27. The topological polar surface area (TPSA) is 108 Å². The van der Waals surface area contributed by atoms with Gasteiger partial charge in [0.2, 0.25) is 0 Å². The lowest BCUT2D eigenvalue weighted by atomic mass is 10.1. The summed E-state index contributed by atoms with van der Waals surface area (Å²) in [5.41, 5.74) is 0. The third kappa shape index (κ3) is 37.1. The first-order valence-corrected chi connectivity index (χ1v) is 20.6. The van der Waals surface area contributed by atoms with E-state index in [-0.39, 0.29) is 38.6 Å². The van der Waals surface area contributed by atoms with Crippen molar-refractivity contribution in [3.8, 4) is 0 Å². The smallest absolute Gasteiger partial charge is 0.361 e. The number of nitrogens with zero attached hydrogens (tertiary/aromatic N) is 1. The van der Waals surface area contributed by atoms with Crippen LogP contribution in [0.15, 0.2) is 72.9 Å². The SMILES string of the molecule is CC/C=C\C/C=C\C/C=C\C/C=C\C/C=C\C/C=C\CCCCC(=O)OC(COC(=O)CCCCCCCCCC)COC(OCC[N+](C)(C)C)C(=O)O. The molecule has 0 radical (unpaired) electrons. The Morgan fingerprint density at radius 1 is 0.574 bits per heavy atom. The van der Waals surface area contributed by atoms with Crippen molar-refractivity contribution < 1.29 is 42.9 Å². The quantitative estimate of drug-likeness (QED) is 0.0221. The summed E-state index contributed by atoms with van der Waals surface area (Å²) in [6.07, 6.45) is 41.2. The second kappa shape index (κ2) is 36.7. The standard InChI is InChI=1S/C45H75NO8/c1-6-8-10-12-14-16-17-18-19-20-21-22-23-24-25-26-27-28-30-32-34-36-43(48)54-41(40-53-45(44(49)50)51-38-37-46(3,4)5)39-52-42(47)35-33-31-29-15-13-11-9-7-2/h8,10,14,16,18-19,21-22,24-25,27-28,41,45H,6-7,9,11-13,15,17,20,23,26,29-40H2,1-5H3/p+1/b10-8-,16-14-,19-18-,22-21-,25-24-,28-27-. The fourth-order valence-electron chi connectivity index (χ4n) is 5.01. The molecule has 0 aromatic heterocycles. The number of unbranched alkanes of at least 4 members (excludes halogenated alkanes) is 9. The molecule has 0 aromatic carbocycles. The zero-order valence-electron chi connectivity index (χ0n) is 34.6. The van der Waals surface area contributed by atoms with Gasteiger partial charge in [0.15, 0.2) is 6.10 Å². The number of rotatable bonds is 36. The van der Waals surface area contributed by atoms with E-state index in [0.717, 1.165) is 70.6 Å². The minimum atomic E-state index is -1.52. The van der Waals surface area contributed by atoms with Crippen LogP contribution in [-0.4, -0.2) is 87.4 Å². The number of carboxylic acid groups (broad SMARTS) is 1. The van der Waals surface area contributed by atoms with Crippen LogP contribution in [0.4, 0.5) is 0 Å². The number of likely N-dealkylation sites (N-methyl/N-ethyl adjacent to an activating group) is 1. The highest BCUT2D eigenvalue weighted by molar-refractivity contribution is 5.71. The Balaban J connectivity index is 4.53. The van der Waals surface area contributed by atoms with Crippen molar-refractivity contribution in [1.29, 1.82) is 0 Å². The molecule has 0 aromatic rings. The lowest BCUT2D eigenvalue weighted by molar-refractivity contribution is -0.870. The van der Waals surface area contributed by atoms with Gasteiger partial charge in [-0.3, -0.25) is 9.59 Å². The molecule has 0 aliphatic rings. The van der Waals surface area contributed by atoms with Gasteiger partial charge in [-0.25, -0.2) is 4.79 Å². The molecular weight excluding hydrogens is 682 g/mol. The fraction of sp³-hybridized carbons (Fsp3) is 0.667. The maximum Gasteiger partial charge on any atom is 0.361 e. The van der Waals surface area contributed by atoms with Crippen LogP contribution in [0.25, 0.3) is 0 Å². The van der Waals surface area contributed by atoms with Crippen LogP contribution in [0, 0.1) is 0 Å². The summed E-state index contributed by atoms with van der Waals surface area (Å²) in [5, 5.41) is 9.59. The molecule has 0 aliphatic carbocycles. The van der Waals surface area contributed by atoms with E-state index in [4.69, 9.17) is 18.9 Å². The first-order valence-electron chi connectivity index (χ1n) is 20.6. The Morgan fingerprint density at radius 2 is 1.06 bits per heavy atom. The van der Waals surface area contributed by atoms with Crippen molar-refractivity contribution in [3.63, 3.8) is 0 Å². The van der Waals surface area contributed by atoms with Gasteiger partial charge >= 0.3 is 17.9 Å². The van der Waals surface area contributed by atoms with Crippen molar-refractivity contribution in [2.75, 3.05) is 47.5 Å². The first kappa shape index (κ1) is 50.7. The molecule has 0 rings (SSSR count). The van der Waals surface area contributed by atoms with Gasteiger partial charge in [-0.05, 0) is 64.2 Å². The summed E-state index contributed by atoms with van der Waals surface area (Å²) in [5.74, 6) is -2.08. The number of ether oxygens (including phenoxy) is 4. The van der Waals surface area contributed by atoms with Crippen LogP contribution >= 0.6 is 0 Å². The van der Waals surface area contributed by atoms with E-state index in [9.17, 15) is 19.5 Å². The van der Waals surface area contributed by atoms with Crippen LogP contribution in [-0.2, 0) is 33.3 Å². The van der Waals surface area contributed by atoms with Crippen LogP contribution in [0.5, 0.6) is 0 Å². The summed E-state index contributed by atoms with van der Waals surface area (Å²) in [7, 11) is 5.92. The van der Waals surface area contributed by atoms with E-state index >= 15 is 0 Å². The minimum absolute atomic E-state index is 0.176. The lowest BCUT2D eigenvalue weighted by Gasteiger charge is -2.25. The maximum absolute atomic E-state index is 12.7. The predicted molar refractivity (Wildman–Crippen MR) is 221 cm³/mol. The van der Waals surface area contributed by atoms with Gasteiger partial charge in [0.05, 0.1) is 34.4 Å². The molecule has 0 saturated heterocycles. The number of carbonyl (C=O) groups excluding carboxylic acids is 2. The molecular formula is C45H76NO8+. The van der Waals surface area contributed by atoms with Crippen LogP contribution in [0.3, 0.4) is 0 Å². The summed E-state index contributed by atoms with van der Waals surface area (Å²) in [6.45, 7) is 4.63. The number of hydrogen-bond acceptors (Lipinski definition) is 7. The van der Waals surface area contributed by atoms with Crippen LogP contribution < -0.4 is 0 Å². The number of esters is 2. The molecule has 2 atom stereocenters. The number of carbonyl (C=O) groups is 3. The minimum Gasteiger partial charge on any atom is -0.477 e. The van der Waals surface area contributed by atoms with Crippen molar-refractivity contribution in [3.05, 3.63) is 72.9 Å². The molecule has 0 spiro atoms. The highest BCUT2D eigenvalue weighted by Crippen LogP contribution is 2.11.